The molecule has 1 N–H and O–H groups in total. The van der Waals surface area contributed by atoms with Gasteiger partial charge >= 0.3 is 0 Å². The summed E-state index contributed by atoms with van der Waals surface area (Å²) < 4.78 is 15.5. The van der Waals surface area contributed by atoms with E-state index in [-0.39, 0.29) is 5.82 Å². The second kappa shape index (κ2) is 5.09. The molecule has 0 saturated carbocycles. The zero-order chi connectivity index (χ0) is 13.2. The van der Waals surface area contributed by atoms with Crippen LogP contribution in [0.4, 0.5) is 4.39 Å². The highest BCUT2D eigenvalue weighted by atomic mass is 19.1. The van der Waals surface area contributed by atoms with Gasteiger partial charge in [-0.05, 0) is 31.5 Å². The summed E-state index contributed by atoms with van der Waals surface area (Å²) in [5.74, 6) is 1.48. The lowest BCUT2D eigenvalue weighted by Gasteiger charge is -2.19. The summed E-state index contributed by atoms with van der Waals surface area (Å²) in [5, 5.41) is 7.80. The first-order valence-electron chi connectivity index (χ1n) is 6.62. The van der Waals surface area contributed by atoms with Crippen molar-refractivity contribution < 1.29 is 4.39 Å². The normalized spacial score (nSPS) is 19.6. The highest BCUT2D eigenvalue weighted by Crippen LogP contribution is 2.25. The molecule has 0 radical (unpaired) electrons. The Labute approximate surface area is 111 Å². The summed E-state index contributed by atoms with van der Waals surface area (Å²) in [6, 6.07) is 6.68. The van der Waals surface area contributed by atoms with Crippen LogP contribution in [0.1, 0.15) is 24.6 Å². The second-order valence-electron chi connectivity index (χ2n) is 4.94. The third kappa shape index (κ3) is 2.38. The fourth-order valence-corrected chi connectivity index (χ4v) is 2.53. The average Bonchev–Trinajstić information content (AvgIpc) is 2.82. The summed E-state index contributed by atoms with van der Waals surface area (Å²) in [7, 11) is 1.81. The first kappa shape index (κ1) is 12.3. The average molecular weight is 260 g/mol. The number of aryl methyl sites for hydroxylation is 1. The van der Waals surface area contributed by atoms with Crippen molar-refractivity contribution in [2.45, 2.75) is 18.8 Å². The molecule has 1 aliphatic rings. The van der Waals surface area contributed by atoms with Crippen LogP contribution in [-0.4, -0.2) is 27.9 Å². The Morgan fingerprint density at radius 2 is 2.21 bits per heavy atom. The van der Waals surface area contributed by atoms with Gasteiger partial charge in [-0.2, -0.15) is 5.10 Å². The van der Waals surface area contributed by atoms with Gasteiger partial charge in [0.15, 0.2) is 11.6 Å². The molecule has 5 heteroatoms. The molecule has 0 aliphatic carbocycles. The quantitative estimate of drug-likeness (QED) is 0.899. The second-order valence-corrected chi connectivity index (χ2v) is 4.94. The topological polar surface area (TPSA) is 42.7 Å². The van der Waals surface area contributed by atoms with E-state index in [2.05, 4.69) is 15.4 Å². The van der Waals surface area contributed by atoms with E-state index in [9.17, 15) is 4.39 Å². The zero-order valence-corrected chi connectivity index (χ0v) is 10.9. The lowest BCUT2D eigenvalue weighted by molar-refractivity contribution is 0.445. The Hall–Kier alpha value is -1.75. The molecule has 2 aromatic rings. The fourth-order valence-electron chi connectivity index (χ4n) is 2.53. The van der Waals surface area contributed by atoms with Crippen molar-refractivity contribution in [2.24, 2.45) is 7.05 Å². The molecule has 1 aromatic carbocycles. The fraction of sp³-hybridized carbons (Fsp3) is 0.429. The molecule has 0 bridgehead atoms. The maximum Gasteiger partial charge on any atom is 0.161 e. The highest BCUT2D eigenvalue weighted by Gasteiger charge is 2.21. The van der Waals surface area contributed by atoms with E-state index < -0.39 is 0 Å². The number of rotatable bonds is 2. The van der Waals surface area contributed by atoms with Crippen LogP contribution in [0.3, 0.4) is 0 Å². The third-order valence-corrected chi connectivity index (χ3v) is 3.56. The Kier molecular flexibility index (Phi) is 3.29. The van der Waals surface area contributed by atoms with E-state index in [1.165, 1.54) is 6.07 Å². The van der Waals surface area contributed by atoms with Gasteiger partial charge in [0.1, 0.15) is 5.82 Å². The number of hydrogen-bond acceptors (Lipinski definition) is 3. The lowest BCUT2D eigenvalue weighted by Crippen LogP contribution is -2.29. The maximum atomic E-state index is 13.8. The van der Waals surface area contributed by atoms with Crippen LogP contribution in [0.25, 0.3) is 11.4 Å². The van der Waals surface area contributed by atoms with Gasteiger partial charge in [-0.1, -0.05) is 12.1 Å². The van der Waals surface area contributed by atoms with Crippen LogP contribution in [0.15, 0.2) is 24.3 Å². The van der Waals surface area contributed by atoms with Gasteiger partial charge in [0.05, 0.1) is 5.56 Å². The zero-order valence-electron chi connectivity index (χ0n) is 10.9. The third-order valence-electron chi connectivity index (χ3n) is 3.56. The van der Waals surface area contributed by atoms with Crippen molar-refractivity contribution in [3.8, 4) is 11.4 Å². The van der Waals surface area contributed by atoms with Crippen LogP contribution in [0.2, 0.25) is 0 Å². The Morgan fingerprint density at radius 1 is 1.37 bits per heavy atom. The number of hydrogen-bond donors (Lipinski definition) is 1. The van der Waals surface area contributed by atoms with Crippen LogP contribution in [0, 0.1) is 5.82 Å². The highest BCUT2D eigenvalue weighted by molar-refractivity contribution is 5.55. The van der Waals surface area contributed by atoms with Crippen LogP contribution < -0.4 is 5.32 Å². The number of nitrogens with one attached hydrogen (secondary N) is 1. The standard InChI is InChI=1S/C14H17FN4/c1-19-14(11-6-2-3-7-12(11)15)17-13(18-19)10-5-4-8-16-9-10/h2-3,6-7,10,16H,4-5,8-9H2,1H3. The predicted octanol–water partition coefficient (Wildman–Crippen LogP) is 2.09. The van der Waals surface area contributed by atoms with Gasteiger partial charge in [-0.3, -0.25) is 0 Å². The summed E-state index contributed by atoms with van der Waals surface area (Å²) >= 11 is 0. The molecule has 1 atom stereocenters. The van der Waals surface area contributed by atoms with Gasteiger partial charge in [-0.15, -0.1) is 0 Å². The van der Waals surface area contributed by atoms with Gasteiger partial charge < -0.3 is 5.32 Å². The van der Waals surface area contributed by atoms with Crippen molar-refractivity contribution >= 4 is 0 Å². The van der Waals surface area contributed by atoms with Crippen molar-refractivity contribution in [1.82, 2.24) is 20.1 Å². The number of halogens is 1. The molecule has 4 nitrogen and oxygen atoms in total. The van der Waals surface area contributed by atoms with Crippen molar-refractivity contribution in [2.75, 3.05) is 13.1 Å². The smallest absolute Gasteiger partial charge is 0.161 e. The Bertz CT molecular complexity index is 573. The van der Waals surface area contributed by atoms with E-state index >= 15 is 0 Å². The van der Waals surface area contributed by atoms with Gasteiger partial charge in [0.2, 0.25) is 0 Å². The summed E-state index contributed by atoms with van der Waals surface area (Å²) in [6.45, 7) is 1.96. The van der Waals surface area contributed by atoms with E-state index in [0.717, 1.165) is 31.8 Å². The molecule has 0 spiro atoms. The van der Waals surface area contributed by atoms with E-state index in [4.69, 9.17) is 0 Å². The molecule has 100 valence electrons. The lowest BCUT2D eigenvalue weighted by atomic mass is 9.99. The Balaban J connectivity index is 1.95. The minimum atomic E-state index is -0.258. The molecule has 3 rings (SSSR count). The molecular weight excluding hydrogens is 243 g/mol. The number of benzene rings is 1. The number of nitrogens with zero attached hydrogens (tertiary/aromatic N) is 3. The molecule has 1 aliphatic heterocycles. The predicted molar refractivity (Wildman–Crippen MR) is 71.2 cm³/mol. The first-order valence-corrected chi connectivity index (χ1v) is 6.62. The molecule has 1 fully saturated rings. The minimum absolute atomic E-state index is 0.258. The summed E-state index contributed by atoms with van der Waals surface area (Å²) in [4.78, 5) is 4.54. The SMILES string of the molecule is Cn1nc(C2CCCNC2)nc1-c1ccccc1F. The summed E-state index contributed by atoms with van der Waals surface area (Å²) in [6.07, 6.45) is 2.23. The van der Waals surface area contributed by atoms with E-state index in [0.29, 0.717) is 17.3 Å². The van der Waals surface area contributed by atoms with Crippen molar-refractivity contribution in [3.05, 3.63) is 35.9 Å². The van der Waals surface area contributed by atoms with Crippen molar-refractivity contribution in [1.29, 1.82) is 0 Å². The molecule has 1 unspecified atom stereocenters. The summed E-state index contributed by atoms with van der Waals surface area (Å²) in [5.41, 5.74) is 0.507. The minimum Gasteiger partial charge on any atom is -0.316 e. The van der Waals surface area contributed by atoms with E-state index in [1.54, 1.807) is 16.8 Å². The number of piperidine rings is 1. The molecular formula is C14H17FN4. The maximum absolute atomic E-state index is 13.8. The van der Waals surface area contributed by atoms with Gasteiger partial charge in [-0.25, -0.2) is 14.1 Å². The van der Waals surface area contributed by atoms with Gasteiger partial charge in [0, 0.05) is 19.5 Å². The first-order chi connectivity index (χ1) is 9.25. The monoisotopic (exact) mass is 260 g/mol. The molecule has 19 heavy (non-hydrogen) atoms. The Morgan fingerprint density at radius 3 is 2.95 bits per heavy atom. The van der Waals surface area contributed by atoms with E-state index in [1.807, 2.05) is 13.1 Å². The van der Waals surface area contributed by atoms with Crippen molar-refractivity contribution in [3.63, 3.8) is 0 Å². The van der Waals surface area contributed by atoms with Gasteiger partial charge in [0.25, 0.3) is 0 Å². The molecule has 1 saturated heterocycles. The number of aromatic nitrogens is 3. The van der Waals surface area contributed by atoms with Crippen LogP contribution in [0.5, 0.6) is 0 Å². The van der Waals surface area contributed by atoms with Crippen LogP contribution >= 0.6 is 0 Å². The molecule has 2 heterocycles. The molecule has 1 aromatic heterocycles. The largest absolute Gasteiger partial charge is 0.316 e. The van der Waals surface area contributed by atoms with Crippen LogP contribution in [-0.2, 0) is 7.05 Å². The molecule has 0 amide bonds.